The van der Waals surface area contributed by atoms with E-state index in [4.69, 9.17) is 14.8 Å². The molecule has 0 unspecified atom stereocenters. The highest BCUT2D eigenvalue weighted by Crippen LogP contribution is 2.07. The van der Waals surface area contributed by atoms with E-state index in [0.29, 0.717) is 12.1 Å². The lowest BCUT2D eigenvalue weighted by atomic mass is 9.80. The predicted octanol–water partition coefficient (Wildman–Crippen LogP) is 0.0400. The maximum atomic E-state index is 8.95. The Labute approximate surface area is 113 Å². The summed E-state index contributed by atoms with van der Waals surface area (Å²) in [7, 11) is 0.655. The van der Waals surface area contributed by atoms with Gasteiger partial charge in [-0.3, -0.25) is 0 Å². The van der Waals surface area contributed by atoms with Crippen LogP contribution in [-0.2, 0) is 0 Å². The normalized spacial score (nSPS) is 10.7. The molecule has 1 rings (SSSR count). The number of thioether (sulfide) groups is 1. The van der Waals surface area contributed by atoms with Gasteiger partial charge in [0.15, 0.2) is 0 Å². The number of benzene rings is 1. The summed E-state index contributed by atoms with van der Waals surface area (Å²) in [5, 5.41) is 17.9. The Morgan fingerprint density at radius 1 is 1.22 bits per heavy atom. The van der Waals surface area contributed by atoms with Crippen molar-refractivity contribution in [3.63, 3.8) is 0 Å². The summed E-state index contributed by atoms with van der Waals surface area (Å²) < 4.78 is 5.58. The minimum absolute atomic E-state index is 0.472. The Morgan fingerprint density at radius 3 is 2.44 bits per heavy atom. The van der Waals surface area contributed by atoms with Crippen molar-refractivity contribution in [2.75, 3.05) is 38.8 Å². The minimum Gasteiger partial charge on any atom is -0.492 e. The van der Waals surface area contributed by atoms with Crippen molar-refractivity contribution in [1.82, 2.24) is 4.90 Å². The smallest absolute Gasteiger partial charge is 0.488 e. The van der Waals surface area contributed by atoms with Gasteiger partial charge in [0.2, 0.25) is 0 Å². The molecule has 2 N–H and O–H groups in total. The Bertz CT molecular complexity index is 335. The molecule has 0 radical (unpaired) electrons. The average molecular weight is 269 g/mol. The maximum absolute atomic E-state index is 8.95. The Hall–Kier alpha value is -0.685. The number of ether oxygens (including phenoxy) is 1. The topological polar surface area (TPSA) is 52.9 Å². The van der Waals surface area contributed by atoms with Crippen molar-refractivity contribution >= 4 is 24.3 Å². The first-order valence-corrected chi connectivity index (χ1v) is 7.29. The van der Waals surface area contributed by atoms with Gasteiger partial charge in [-0.1, -0.05) is 12.1 Å². The molecule has 0 saturated heterocycles. The van der Waals surface area contributed by atoms with E-state index in [2.05, 4.69) is 18.2 Å². The number of rotatable bonds is 8. The van der Waals surface area contributed by atoms with Gasteiger partial charge in [-0.05, 0) is 30.9 Å². The Morgan fingerprint density at radius 2 is 1.89 bits per heavy atom. The van der Waals surface area contributed by atoms with Crippen molar-refractivity contribution < 1.29 is 14.8 Å². The minimum atomic E-state index is -1.42. The molecule has 0 aliphatic carbocycles. The number of nitrogens with zero attached hydrogens (tertiary/aromatic N) is 1. The summed E-state index contributed by atoms with van der Waals surface area (Å²) in [6, 6.07) is 6.79. The molecule has 0 amide bonds. The summed E-state index contributed by atoms with van der Waals surface area (Å²) in [4.78, 5) is 2.22. The first kappa shape index (κ1) is 15.4. The molecule has 1 aromatic rings. The maximum Gasteiger partial charge on any atom is 0.488 e. The molecule has 6 heteroatoms. The van der Waals surface area contributed by atoms with E-state index in [1.165, 1.54) is 0 Å². The Kier molecular flexibility index (Phi) is 7.19. The molecule has 0 fully saturated rings. The fourth-order valence-electron chi connectivity index (χ4n) is 1.41. The van der Waals surface area contributed by atoms with Gasteiger partial charge in [0.1, 0.15) is 12.4 Å². The lowest BCUT2D eigenvalue weighted by Crippen LogP contribution is -2.29. The molecule has 0 spiro atoms. The highest BCUT2D eigenvalue weighted by Gasteiger charge is 2.09. The summed E-state index contributed by atoms with van der Waals surface area (Å²) in [6.45, 7) is 2.57. The highest BCUT2D eigenvalue weighted by molar-refractivity contribution is 7.98. The monoisotopic (exact) mass is 269 g/mol. The summed E-state index contributed by atoms with van der Waals surface area (Å²) in [6.07, 6.45) is 2.10. The fourth-order valence-corrected chi connectivity index (χ4v) is 1.91. The van der Waals surface area contributed by atoms with Crippen LogP contribution in [0.4, 0.5) is 0 Å². The molecule has 0 bridgehead atoms. The second kappa shape index (κ2) is 8.42. The molecule has 0 aromatic heterocycles. The second-order valence-corrected chi connectivity index (χ2v) is 5.07. The van der Waals surface area contributed by atoms with Gasteiger partial charge < -0.3 is 19.7 Å². The van der Waals surface area contributed by atoms with E-state index in [1.807, 2.05) is 11.8 Å². The standard InChI is InChI=1S/C12H20BNO3S/c1-14(8-10-18-2)7-9-17-12-5-3-11(4-6-12)13(15)16/h3-6,15-16H,7-10H2,1-2H3. The zero-order valence-electron chi connectivity index (χ0n) is 10.9. The first-order valence-electron chi connectivity index (χ1n) is 5.90. The molecular weight excluding hydrogens is 249 g/mol. The number of likely N-dealkylation sites (N-methyl/N-ethyl adjacent to an activating group) is 1. The summed E-state index contributed by atoms with van der Waals surface area (Å²) in [5.41, 5.74) is 0.472. The van der Waals surface area contributed by atoms with E-state index in [1.54, 1.807) is 24.3 Å². The van der Waals surface area contributed by atoms with Gasteiger partial charge in [-0.2, -0.15) is 11.8 Å². The van der Waals surface area contributed by atoms with Crippen LogP contribution >= 0.6 is 11.8 Å². The van der Waals surface area contributed by atoms with Crippen LogP contribution in [0.3, 0.4) is 0 Å². The zero-order valence-corrected chi connectivity index (χ0v) is 11.7. The van der Waals surface area contributed by atoms with Crippen LogP contribution in [0.15, 0.2) is 24.3 Å². The quantitative estimate of drug-likeness (QED) is 0.653. The van der Waals surface area contributed by atoms with Crippen molar-refractivity contribution in [2.45, 2.75) is 0 Å². The molecule has 18 heavy (non-hydrogen) atoms. The third kappa shape index (κ3) is 5.77. The molecule has 1 aromatic carbocycles. The van der Waals surface area contributed by atoms with Crippen LogP contribution in [0.1, 0.15) is 0 Å². The SMILES string of the molecule is CSCCN(C)CCOc1ccc(B(O)O)cc1. The van der Waals surface area contributed by atoms with Crippen LogP contribution in [0.2, 0.25) is 0 Å². The molecule has 4 nitrogen and oxygen atoms in total. The van der Waals surface area contributed by atoms with Crippen molar-refractivity contribution in [1.29, 1.82) is 0 Å². The van der Waals surface area contributed by atoms with Crippen LogP contribution in [-0.4, -0.2) is 60.8 Å². The third-order valence-corrected chi connectivity index (χ3v) is 3.19. The summed E-state index contributed by atoms with van der Waals surface area (Å²) in [5.74, 6) is 1.87. The molecule has 0 aliphatic rings. The number of hydrogen-bond donors (Lipinski definition) is 2. The molecule has 0 atom stereocenters. The van der Waals surface area contributed by atoms with Crippen LogP contribution in [0, 0.1) is 0 Å². The Balaban J connectivity index is 2.26. The van der Waals surface area contributed by atoms with E-state index >= 15 is 0 Å². The van der Waals surface area contributed by atoms with Crippen molar-refractivity contribution in [3.8, 4) is 5.75 Å². The van der Waals surface area contributed by atoms with Gasteiger partial charge in [0.05, 0.1) is 0 Å². The molecular formula is C12H20BNO3S. The summed E-state index contributed by atoms with van der Waals surface area (Å²) >= 11 is 1.83. The van der Waals surface area contributed by atoms with E-state index in [9.17, 15) is 0 Å². The van der Waals surface area contributed by atoms with Gasteiger partial charge >= 0.3 is 7.12 Å². The lowest BCUT2D eigenvalue weighted by Gasteiger charge is -2.16. The van der Waals surface area contributed by atoms with Crippen molar-refractivity contribution in [3.05, 3.63) is 24.3 Å². The van der Waals surface area contributed by atoms with E-state index in [0.717, 1.165) is 24.6 Å². The largest absolute Gasteiger partial charge is 0.492 e. The van der Waals surface area contributed by atoms with Gasteiger partial charge in [0, 0.05) is 18.8 Å². The van der Waals surface area contributed by atoms with Gasteiger partial charge in [0.25, 0.3) is 0 Å². The van der Waals surface area contributed by atoms with E-state index < -0.39 is 7.12 Å². The number of hydrogen-bond acceptors (Lipinski definition) is 5. The van der Waals surface area contributed by atoms with Gasteiger partial charge in [-0.25, -0.2) is 0 Å². The van der Waals surface area contributed by atoms with Crippen LogP contribution in [0.5, 0.6) is 5.75 Å². The van der Waals surface area contributed by atoms with E-state index in [-0.39, 0.29) is 0 Å². The zero-order chi connectivity index (χ0) is 13.4. The van der Waals surface area contributed by atoms with Gasteiger partial charge in [-0.15, -0.1) is 0 Å². The third-order valence-electron chi connectivity index (χ3n) is 2.60. The van der Waals surface area contributed by atoms with Crippen LogP contribution < -0.4 is 10.2 Å². The molecule has 0 aliphatic heterocycles. The fraction of sp³-hybridized carbons (Fsp3) is 0.500. The van der Waals surface area contributed by atoms with Crippen LogP contribution in [0.25, 0.3) is 0 Å². The molecule has 0 heterocycles. The molecule has 0 saturated carbocycles. The second-order valence-electron chi connectivity index (χ2n) is 4.09. The van der Waals surface area contributed by atoms with Crippen molar-refractivity contribution in [2.24, 2.45) is 0 Å². The predicted molar refractivity (Wildman–Crippen MR) is 77.6 cm³/mol. The highest BCUT2D eigenvalue weighted by atomic mass is 32.2. The molecule has 100 valence electrons. The average Bonchev–Trinajstić information content (AvgIpc) is 2.37. The first-order chi connectivity index (χ1) is 8.63. The lowest BCUT2D eigenvalue weighted by molar-refractivity contribution is 0.245.